The van der Waals surface area contributed by atoms with Gasteiger partial charge in [-0.05, 0) is 79.9 Å². The molecule has 3 aromatic carbocycles. The average molecular weight is 549 g/mol. The second kappa shape index (κ2) is 13.1. The number of amides is 2. The highest BCUT2D eigenvalue weighted by Gasteiger charge is 2.22. The number of hydrogen-bond donors (Lipinski definition) is 2. The van der Waals surface area contributed by atoms with Crippen LogP contribution in [0.4, 0.5) is 5.69 Å². The first-order valence-corrected chi connectivity index (χ1v) is 13.5. The normalized spacial score (nSPS) is 13.3. The largest absolute Gasteiger partial charge is 0.493 e. The molecule has 204 valence electrons. The second-order valence-corrected chi connectivity index (χ2v) is 9.63. The molecule has 1 aliphatic heterocycles. The van der Waals surface area contributed by atoms with E-state index >= 15 is 0 Å². The molecular formula is C30H32N2O6S. The van der Waals surface area contributed by atoms with Crippen LogP contribution in [-0.2, 0) is 11.2 Å². The highest BCUT2D eigenvalue weighted by atomic mass is 32.2. The fraction of sp³-hybridized carbons (Fsp3) is 0.267. The number of thioether (sulfide) groups is 1. The number of hydrogen-bond acceptors (Lipinski definition) is 7. The first kappa shape index (κ1) is 27.9. The van der Waals surface area contributed by atoms with Gasteiger partial charge in [-0.25, -0.2) is 0 Å². The van der Waals surface area contributed by atoms with Crippen molar-refractivity contribution in [2.75, 3.05) is 39.3 Å². The summed E-state index contributed by atoms with van der Waals surface area (Å²) < 4.78 is 21.9. The van der Waals surface area contributed by atoms with Crippen molar-refractivity contribution in [3.05, 3.63) is 76.2 Å². The minimum Gasteiger partial charge on any atom is -0.493 e. The van der Waals surface area contributed by atoms with Crippen LogP contribution in [0.1, 0.15) is 35.3 Å². The van der Waals surface area contributed by atoms with Gasteiger partial charge < -0.3 is 29.6 Å². The van der Waals surface area contributed by atoms with E-state index in [-0.39, 0.29) is 11.8 Å². The molecule has 0 saturated carbocycles. The fourth-order valence-corrected chi connectivity index (χ4v) is 5.00. The molecule has 0 fully saturated rings. The van der Waals surface area contributed by atoms with E-state index in [9.17, 15) is 9.59 Å². The van der Waals surface area contributed by atoms with Gasteiger partial charge in [0.15, 0.2) is 23.0 Å². The molecular weight excluding hydrogens is 516 g/mol. The highest BCUT2D eigenvalue weighted by molar-refractivity contribution is 8.04. The fourth-order valence-electron chi connectivity index (χ4n) is 4.07. The summed E-state index contributed by atoms with van der Waals surface area (Å²) in [5.41, 5.74) is 2.93. The molecule has 0 atom stereocenters. The van der Waals surface area contributed by atoms with E-state index < -0.39 is 0 Å². The number of benzene rings is 3. The zero-order valence-electron chi connectivity index (χ0n) is 22.5. The minimum atomic E-state index is -0.236. The Labute approximate surface area is 232 Å². The van der Waals surface area contributed by atoms with Gasteiger partial charge in [0.25, 0.3) is 11.8 Å². The Morgan fingerprint density at radius 3 is 2.38 bits per heavy atom. The van der Waals surface area contributed by atoms with E-state index in [0.717, 1.165) is 16.0 Å². The van der Waals surface area contributed by atoms with Gasteiger partial charge in [-0.2, -0.15) is 0 Å². The molecule has 0 bridgehead atoms. The van der Waals surface area contributed by atoms with Crippen LogP contribution < -0.4 is 29.6 Å². The van der Waals surface area contributed by atoms with Crippen molar-refractivity contribution in [1.29, 1.82) is 0 Å². The van der Waals surface area contributed by atoms with Crippen molar-refractivity contribution >= 4 is 35.3 Å². The van der Waals surface area contributed by atoms with Gasteiger partial charge in [0.05, 0.1) is 38.0 Å². The maximum absolute atomic E-state index is 12.8. The van der Waals surface area contributed by atoms with Gasteiger partial charge in [0, 0.05) is 17.0 Å². The molecule has 2 N–H and O–H groups in total. The lowest BCUT2D eigenvalue weighted by Gasteiger charge is -2.19. The molecule has 0 aliphatic carbocycles. The molecule has 0 aromatic heterocycles. The summed E-state index contributed by atoms with van der Waals surface area (Å²) in [6.45, 7) is 5.41. The summed E-state index contributed by atoms with van der Waals surface area (Å²) in [6, 6.07) is 16.6. The Morgan fingerprint density at radius 1 is 0.897 bits per heavy atom. The maximum Gasteiger partial charge on any atom is 0.262 e. The summed E-state index contributed by atoms with van der Waals surface area (Å²) in [7, 11) is 3.14. The van der Waals surface area contributed by atoms with Crippen molar-refractivity contribution in [3.8, 4) is 23.0 Å². The van der Waals surface area contributed by atoms with Crippen LogP contribution in [0.2, 0.25) is 0 Å². The Bertz CT molecular complexity index is 1390. The molecule has 0 unspecified atom stereocenters. The standard InChI is InChI=1S/C30H32N2O6S/c1-5-37-24-11-7-19(15-26(24)38-6-2)13-14-31-29(33)21-9-12-27-22(18-21)32-30(34)28(39-27)17-20-8-10-23(35-3)25(16-20)36-4/h7-12,15-18H,5-6,13-14H2,1-4H3,(H,31,33)(H,32,34). The summed E-state index contributed by atoms with van der Waals surface area (Å²) in [5.74, 6) is 2.17. The Hall–Kier alpha value is -4.11. The van der Waals surface area contributed by atoms with Crippen molar-refractivity contribution in [3.63, 3.8) is 0 Å². The minimum absolute atomic E-state index is 0.209. The molecule has 0 radical (unpaired) electrons. The maximum atomic E-state index is 12.8. The molecule has 39 heavy (non-hydrogen) atoms. The van der Waals surface area contributed by atoms with Crippen molar-refractivity contribution in [2.24, 2.45) is 0 Å². The summed E-state index contributed by atoms with van der Waals surface area (Å²) in [6.07, 6.45) is 2.43. The Morgan fingerprint density at radius 2 is 1.64 bits per heavy atom. The number of nitrogens with one attached hydrogen (secondary N) is 2. The second-order valence-electron chi connectivity index (χ2n) is 8.54. The van der Waals surface area contributed by atoms with Gasteiger partial charge >= 0.3 is 0 Å². The van der Waals surface area contributed by atoms with E-state index in [2.05, 4.69) is 10.6 Å². The predicted molar refractivity (Wildman–Crippen MR) is 153 cm³/mol. The predicted octanol–water partition coefficient (Wildman–Crippen LogP) is 5.56. The van der Waals surface area contributed by atoms with Gasteiger partial charge in [-0.3, -0.25) is 9.59 Å². The van der Waals surface area contributed by atoms with Crippen LogP contribution in [0.3, 0.4) is 0 Å². The van der Waals surface area contributed by atoms with Gasteiger partial charge in [0.2, 0.25) is 0 Å². The third-order valence-electron chi connectivity index (χ3n) is 5.95. The molecule has 8 nitrogen and oxygen atoms in total. The van der Waals surface area contributed by atoms with E-state index in [1.54, 1.807) is 38.5 Å². The number of ether oxygens (including phenoxy) is 4. The van der Waals surface area contributed by atoms with Gasteiger partial charge in [-0.1, -0.05) is 23.9 Å². The molecule has 9 heteroatoms. The number of anilines is 1. The zero-order chi connectivity index (χ0) is 27.8. The lowest BCUT2D eigenvalue weighted by molar-refractivity contribution is -0.112. The number of carbonyl (C=O) groups is 2. The van der Waals surface area contributed by atoms with Crippen LogP contribution in [0.15, 0.2) is 64.4 Å². The lowest BCUT2D eigenvalue weighted by Crippen LogP contribution is -2.26. The Balaban J connectivity index is 1.39. The molecule has 1 aliphatic rings. The van der Waals surface area contributed by atoms with Crippen LogP contribution in [-0.4, -0.2) is 45.8 Å². The first-order valence-electron chi connectivity index (χ1n) is 12.7. The number of carbonyl (C=O) groups excluding carboxylic acids is 2. The summed E-state index contributed by atoms with van der Waals surface area (Å²) >= 11 is 1.35. The third-order valence-corrected chi connectivity index (χ3v) is 7.05. The molecule has 1 heterocycles. The first-order chi connectivity index (χ1) is 18.9. The molecule has 0 spiro atoms. The molecule has 2 amide bonds. The molecule has 3 aromatic rings. The quantitative estimate of drug-likeness (QED) is 0.303. The monoisotopic (exact) mass is 548 g/mol. The lowest BCUT2D eigenvalue weighted by atomic mass is 10.1. The van der Waals surface area contributed by atoms with E-state index in [4.69, 9.17) is 18.9 Å². The highest BCUT2D eigenvalue weighted by Crippen LogP contribution is 2.40. The van der Waals surface area contributed by atoms with Gasteiger partial charge in [0.1, 0.15) is 0 Å². The van der Waals surface area contributed by atoms with Gasteiger partial charge in [-0.15, -0.1) is 0 Å². The van der Waals surface area contributed by atoms with E-state index in [0.29, 0.717) is 65.3 Å². The third kappa shape index (κ3) is 6.86. The van der Waals surface area contributed by atoms with Crippen molar-refractivity contribution in [1.82, 2.24) is 5.32 Å². The number of methoxy groups -OCH3 is 2. The smallest absolute Gasteiger partial charge is 0.262 e. The van der Waals surface area contributed by atoms with E-state index in [1.807, 2.05) is 50.2 Å². The zero-order valence-corrected chi connectivity index (χ0v) is 23.3. The number of fused-ring (bicyclic) bond motifs is 1. The van der Waals surface area contributed by atoms with Crippen LogP contribution in [0, 0.1) is 0 Å². The van der Waals surface area contributed by atoms with E-state index in [1.165, 1.54) is 11.8 Å². The van der Waals surface area contributed by atoms with Crippen LogP contribution >= 0.6 is 11.8 Å². The number of rotatable bonds is 11. The summed E-state index contributed by atoms with van der Waals surface area (Å²) in [4.78, 5) is 27.0. The van der Waals surface area contributed by atoms with Crippen LogP contribution in [0.5, 0.6) is 23.0 Å². The van der Waals surface area contributed by atoms with Crippen molar-refractivity contribution < 1.29 is 28.5 Å². The Kier molecular flexibility index (Phi) is 9.38. The van der Waals surface area contributed by atoms with Crippen LogP contribution in [0.25, 0.3) is 6.08 Å². The van der Waals surface area contributed by atoms with Crippen molar-refractivity contribution in [2.45, 2.75) is 25.2 Å². The summed E-state index contributed by atoms with van der Waals surface area (Å²) in [5, 5.41) is 5.86. The molecule has 4 rings (SSSR count). The average Bonchev–Trinajstić information content (AvgIpc) is 2.94. The topological polar surface area (TPSA) is 95.1 Å². The molecule has 0 saturated heterocycles. The SMILES string of the molecule is CCOc1ccc(CCNC(=O)c2ccc3c(c2)NC(=O)C(=Cc2ccc(OC)c(OC)c2)S3)cc1OCC.